The van der Waals surface area contributed by atoms with Crippen molar-refractivity contribution in [3.05, 3.63) is 0 Å². The Morgan fingerprint density at radius 1 is 0.382 bits per heavy atom. The molecule has 0 bridgehead atoms. The average molecular weight is 479 g/mol. The Morgan fingerprint density at radius 3 is 1.09 bits per heavy atom. The van der Waals surface area contributed by atoms with Crippen molar-refractivity contribution < 1.29 is 0 Å². The van der Waals surface area contributed by atoms with Gasteiger partial charge in [0.25, 0.3) is 0 Å². The largest absolute Gasteiger partial charge is 0.0654 e. The van der Waals surface area contributed by atoms with Crippen LogP contribution in [0.25, 0.3) is 0 Å². The van der Waals surface area contributed by atoms with E-state index in [1.807, 2.05) is 0 Å². The van der Waals surface area contributed by atoms with Gasteiger partial charge in [-0.2, -0.15) is 0 Å². The van der Waals surface area contributed by atoms with Crippen LogP contribution in [0.1, 0.15) is 208 Å². The Hall–Kier alpha value is 0. The number of hydrogen-bond acceptors (Lipinski definition) is 0. The molecule has 0 aromatic carbocycles. The molecule has 0 heteroatoms. The van der Waals surface area contributed by atoms with Crippen molar-refractivity contribution in [3.8, 4) is 0 Å². The van der Waals surface area contributed by atoms with E-state index in [9.17, 15) is 0 Å². The summed E-state index contributed by atoms with van der Waals surface area (Å²) in [4.78, 5) is 0. The average Bonchev–Trinajstić information content (AvgIpc) is 2.81. The molecule has 0 saturated heterocycles. The first-order valence-corrected chi connectivity index (χ1v) is 16.5. The van der Waals surface area contributed by atoms with Gasteiger partial charge in [0, 0.05) is 0 Å². The molecule has 0 heterocycles. The van der Waals surface area contributed by atoms with Crippen LogP contribution in [0.15, 0.2) is 0 Å². The fourth-order valence-corrected chi connectivity index (χ4v) is 5.62. The predicted molar refractivity (Wildman–Crippen MR) is 159 cm³/mol. The lowest BCUT2D eigenvalue weighted by Crippen LogP contribution is -2.11. The van der Waals surface area contributed by atoms with Gasteiger partial charge < -0.3 is 0 Å². The molecule has 0 aromatic heterocycles. The number of rotatable bonds is 28. The maximum atomic E-state index is 2.53. The quantitative estimate of drug-likeness (QED) is 0.0980. The van der Waals surface area contributed by atoms with E-state index in [4.69, 9.17) is 0 Å². The summed E-state index contributed by atoms with van der Waals surface area (Å²) in [5, 5.41) is 0. The molecule has 0 nitrogen and oxygen atoms in total. The molecule has 1 unspecified atom stereocenters. The van der Waals surface area contributed by atoms with E-state index in [2.05, 4.69) is 34.6 Å². The van der Waals surface area contributed by atoms with Crippen LogP contribution in [0.2, 0.25) is 0 Å². The topological polar surface area (TPSA) is 0 Å². The minimum absolute atomic E-state index is 0.565. The van der Waals surface area contributed by atoms with Crippen molar-refractivity contribution in [2.45, 2.75) is 208 Å². The Balaban J connectivity index is 3.42. The minimum Gasteiger partial charge on any atom is -0.0654 e. The molecule has 0 radical (unpaired) electrons. The van der Waals surface area contributed by atoms with Crippen molar-refractivity contribution in [1.29, 1.82) is 0 Å². The van der Waals surface area contributed by atoms with Crippen molar-refractivity contribution in [2.24, 2.45) is 11.3 Å². The van der Waals surface area contributed by atoms with Crippen molar-refractivity contribution in [3.63, 3.8) is 0 Å². The molecule has 0 amide bonds. The van der Waals surface area contributed by atoms with Gasteiger partial charge in [-0.1, -0.05) is 195 Å². The third-order valence-corrected chi connectivity index (χ3v) is 8.31. The highest BCUT2D eigenvalue weighted by atomic mass is 14.2. The van der Waals surface area contributed by atoms with E-state index in [1.54, 1.807) is 0 Å². The van der Waals surface area contributed by atoms with Crippen LogP contribution in [0.5, 0.6) is 0 Å². The molecule has 0 aliphatic rings. The molecule has 0 spiro atoms. The molecule has 0 N–H and O–H groups in total. The van der Waals surface area contributed by atoms with Gasteiger partial charge in [-0.05, 0) is 24.2 Å². The summed E-state index contributed by atoms with van der Waals surface area (Å²) in [6.07, 6.45) is 39.4. The third-order valence-electron chi connectivity index (χ3n) is 8.31. The van der Waals surface area contributed by atoms with E-state index in [-0.39, 0.29) is 0 Å². The first-order chi connectivity index (χ1) is 16.5. The predicted octanol–water partition coefficient (Wildman–Crippen LogP) is 13.2. The van der Waals surface area contributed by atoms with Crippen LogP contribution in [-0.4, -0.2) is 0 Å². The van der Waals surface area contributed by atoms with E-state index in [0.29, 0.717) is 5.41 Å². The first-order valence-electron chi connectivity index (χ1n) is 16.5. The molecule has 0 aromatic rings. The summed E-state index contributed by atoms with van der Waals surface area (Å²) >= 11 is 0. The molecule has 0 aliphatic carbocycles. The van der Waals surface area contributed by atoms with E-state index in [1.165, 1.54) is 173 Å². The van der Waals surface area contributed by atoms with E-state index >= 15 is 0 Å². The van der Waals surface area contributed by atoms with Gasteiger partial charge in [-0.25, -0.2) is 0 Å². The van der Waals surface area contributed by atoms with Gasteiger partial charge in [0.05, 0.1) is 0 Å². The molecule has 0 rings (SSSR count). The highest BCUT2D eigenvalue weighted by molar-refractivity contribution is 4.69. The summed E-state index contributed by atoms with van der Waals surface area (Å²) in [5.41, 5.74) is 0.565. The van der Waals surface area contributed by atoms with E-state index in [0.717, 1.165) is 5.92 Å². The van der Waals surface area contributed by atoms with Gasteiger partial charge in [-0.3, -0.25) is 0 Å². The summed E-state index contributed by atoms with van der Waals surface area (Å²) in [7, 11) is 0. The van der Waals surface area contributed by atoms with Crippen LogP contribution in [0, 0.1) is 11.3 Å². The zero-order chi connectivity index (χ0) is 25.2. The van der Waals surface area contributed by atoms with Crippen molar-refractivity contribution in [2.75, 3.05) is 0 Å². The van der Waals surface area contributed by atoms with Gasteiger partial charge in [0.1, 0.15) is 0 Å². The lowest BCUT2D eigenvalue weighted by atomic mass is 9.81. The Labute approximate surface area is 219 Å². The zero-order valence-electron chi connectivity index (χ0n) is 25.2. The highest BCUT2D eigenvalue weighted by Crippen LogP contribution is 2.31. The Morgan fingerprint density at radius 2 is 0.676 bits per heavy atom. The fourth-order valence-electron chi connectivity index (χ4n) is 5.62. The summed E-state index contributed by atoms with van der Waals surface area (Å²) < 4.78 is 0. The van der Waals surface area contributed by atoms with Crippen LogP contribution in [-0.2, 0) is 0 Å². The van der Waals surface area contributed by atoms with Gasteiger partial charge in [-0.15, -0.1) is 0 Å². The van der Waals surface area contributed by atoms with Crippen molar-refractivity contribution >= 4 is 0 Å². The molecule has 1 atom stereocenters. The first kappa shape index (κ1) is 34.0. The second-order valence-corrected chi connectivity index (χ2v) is 12.8. The van der Waals surface area contributed by atoms with Crippen LogP contribution < -0.4 is 0 Å². The molecule has 34 heavy (non-hydrogen) atoms. The normalized spacial score (nSPS) is 13.0. The molecule has 0 saturated carbocycles. The Bertz CT molecular complexity index is 368. The van der Waals surface area contributed by atoms with Crippen molar-refractivity contribution in [1.82, 2.24) is 0 Å². The Kier molecular flexibility index (Phi) is 26.1. The zero-order valence-corrected chi connectivity index (χ0v) is 25.2. The highest BCUT2D eigenvalue weighted by Gasteiger charge is 2.17. The van der Waals surface area contributed by atoms with Crippen LogP contribution >= 0.6 is 0 Å². The SMILES string of the molecule is CCCCCCCCCCCCCCC(C)(C)CCCC(C)CCCCCCCCCCCC. The monoisotopic (exact) mass is 479 g/mol. The standard InChI is InChI=1S/C34H70/c1-6-8-10-12-14-16-18-19-21-23-25-27-31-34(4,5)32-28-30-33(3)29-26-24-22-20-17-15-13-11-9-7-2/h33H,6-32H2,1-5H3. The molecule has 0 aliphatic heterocycles. The number of hydrogen-bond donors (Lipinski definition) is 0. The minimum atomic E-state index is 0.565. The van der Waals surface area contributed by atoms with E-state index < -0.39 is 0 Å². The van der Waals surface area contributed by atoms with Gasteiger partial charge in [0.2, 0.25) is 0 Å². The summed E-state index contributed by atoms with van der Waals surface area (Å²) in [5.74, 6) is 0.941. The number of unbranched alkanes of at least 4 members (excludes halogenated alkanes) is 20. The molecular weight excluding hydrogens is 408 g/mol. The summed E-state index contributed by atoms with van der Waals surface area (Å²) in [6, 6.07) is 0. The van der Waals surface area contributed by atoms with Gasteiger partial charge in [0.15, 0.2) is 0 Å². The summed E-state index contributed by atoms with van der Waals surface area (Å²) in [6.45, 7) is 12.2. The maximum Gasteiger partial charge on any atom is -0.0354 e. The van der Waals surface area contributed by atoms with Gasteiger partial charge >= 0.3 is 0 Å². The molecule has 206 valence electrons. The molecule has 0 fully saturated rings. The molecular formula is C34H70. The van der Waals surface area contributed by atoms with Crippen LogP contribution in [0.3, 0.4) is 0 Å². The second kappa shape index (κ2) is 26.1. The maximum absolute atomic E-state index is 2.53. The second-order valence-electron chi connectivity index (χ2n) is 12.8. The lowest BCUT2D eigenvalue weighted by molar-refractivity contribution is 0.273. The van der Waals surface area contributed by atoms with Crippen LogP contribution in [0.4, 0.5) is 0 Å². The smallest absolute Gasteiger partial charge is 0.0354 e. The fraction of sp³-hybridized carbons (Fsp3) is 1.00. The third kappa shape index (κ3) is 26.6. The lowest BCUT2D eigenvalue weighted by Gasteiger charge is -2.25.